The molecule has 3 N–H and O–H groups in total. The number of nitrogens with zero attached hydrogens (tertiary/aromatic N) is 3. The van der Waals surface area contributed by atoms with E-state index in [2.05, 4.69) is 4.98 Å². The van der Waals surface area contributed by atoms with Gasteiger partial charge in [0.05, 0.1) is 11.6 Å². The number of hydrogen-bond donors (Lipinski definition) is 2. The average molecular weight is 448 g/mol. The Labute approximate surface area is 192 Å². The number of amides is 1. The van der Waals surface area contributed by atoms with Crippen LogP contribution in [0.3, 0.4) is 0 Å². The number of likely N-dealkylation sites (tertiary alicyclic amines) is 1. The van der Waals surface area contributed by atoms with Crippen LogP contribution in [-0.4, -0.2) is 50.7 Å². The van der Waals surface area contributed by atoms with Crippen molar-refractivity contribution in [3.63, 3.8) is 0 Å². The Morgan fingerprint density at radius 1 is 1.03 bits per heavy atom. The van der Waals surface area contributed by atoms with Crippen molar-refractivity contribution in [1.29, 1.82) is 5.41 Å². The number of aromatic nitrogens is 2. The Bertz CT molecular complexity index is 1200. The van der Waals surface area contributed by atoms with Crippen molar-refractivity contribution in [1.82, 2.24) is 14.3 Å². The summed E-state index contributed by atoms with van der Waals surface area (Å²) in [4.78, 5) is 31.7. The first kappa shape index (κ1) is 22.5. The molecule has 3 heterocycles. The average Bonchev–Trinajstić information content (AvgIpc) is 3.21. The maximum absolute atomic E-state index is 13.0. The van der Waals surface area contributed by atoms with E-state index in [1.165, 1.54) is 0 Å². The summed E-state index contributed by atoms with van der Waals surface area (Å²) < 4.78 is 7.32. The molecule has 1 amide bonds. The fourth-order valence-corrected chi connectivity index (χ4v) is 3.96. The van der Waals surface area contributed by atoms with Gasteiger partial charge in [-0.15, -0.1) is 0 Å². The van der Waals surface area contributed by atoms with Gasteiger partial charge in [-0.1, -0.05) is 12.1 Å². The van der Waals surface area contributed by atoms with Gasteiger partial charge in [0.2, 0.25) is 0 Å². The highest BCUT2D eigenvalue weighted by atomic mass is 16.6. The Morgan fingerprint density at radius 2 is 1.67 bits per heavy atom. The van der Waals surface area contributed by atoms with Crippen molar-refractivity contribution >= 4 is 23.4 Å². The van der Waals surface area contributed by atoms with Crippen LogP contribution in [0.5, 0.6) is 0 Å². The molecule has 0 radical (unpaired) electrons. The number of nitrogen functional groups attached to an aromatic ring is 1. The number of esters is 1. The highest BCUT2D eigenvalue weighted by Gasteiger charge is 2.30. The SMILES string of the molecule is CC(C)(C)OC(=O)C1CCN(C(=O)c2ccc(-c3cn4cc(C(=N)N)ccc4n3)cc2)CC1. The van der Waals surface area contributed by atoms with E-state index in [4.69, 9.17) is 15.9 Å². The van der Waals surface area contributed by atoms with Gasteiger partial charge in [-0.3, -0.25) is 15.0 Å². The van der Waals surface area contributed by atoms with Crippen LogP contribution in [0.1, 0.15) is 49.5 Å². The summed E-state index contributed by atoms with van der Waals surface area (Å²) >= 11 is 0. The van der Waals surface area contributed by atoms with Crippen LogP contribution in [0.25, 0.3) is 16.9 Å². The zero-order chi connectivity index (χ0) is 23.8. The number of imidazole rings is 1. The van der Waals surface area contributed by atoms with Crippen molar-refractivity contribution in [3.05, 3.63) is 59.9 Å². The van der Waals surface area contributed by atoms with Crippen LogP contribution in [0, 0.1) is 11.3 Å². The molecular weight excluding hydrogens is 418 g/mol. The molecule has 1 aromatic carbocycles. The molecule has 8 heteroatoms. The van der Waals surface area contributed by atoms with Crippen LogP contribution in [-0.2, 0) is 9.53 Å². The van der Waals surface area contributed by atoms with Crippen LogP contribution < -0.4 is 5.73 Å². The third-order valence-corrected chi connectivity index (χ3v) is 5.71. The molecular formula is C25H29N5O3. The zero-order valence-electron chi connectivity index (χ0n) is 19.2. The minimum atomic E-state index is -0.498. The molecule has 0 aliphatic carbocycles. The van der Waals surface area contributed by atoms with Gasteiger partial charge in [-0.2, -0.15) is 0 Å². The highest BCUT2D eigenvalue weighted by Crippen LogP contribution is 2.24. The molecule has 1 fully saturated rings. The minimum Gasteiger partial charge on any atom is -0.460 e. The monoisotopic (exact) mass is 447 g/mol. The van der Waals surface area contributed by atoms with E-state index >= 15 is 0 Å². The molecule has 1 saturated heterocycles. The van der Waals surface area contributed by atoms with Crippen LogP contribution in [0.2, 0.25) is 0 Å². The Hall–Kier alpha value is -3.68. The smallest absolute Gasteiger partial charge is 0.309 e. The third-order valence-electron chi connectivity index (χ3n) is 5.71. The molecule has 0 bridgehead atoms. The fraction of sp³-hybridized carbons (Fsp3) is 0.360. The fourth-order valence-electron chi connectivity index (χ4n) is 3.96. The quantitative estimate of drug-likeness (QED) is 0.361. The summed E-state index contributed by atoms with van der Waals surface area (Å²) in [6, 6.07) is 11.0. The number of benzene rings is 1. The number of amidine groups is 1. The molecule has 1 aliphatic rings. The van der Waals surface area contributed by atoms with Crippen molar-refractivity contribution in [2.75, 3.05) is 13.1 Å². The molecule has 2 aromatic heterocycles. The number of fused-ring (bicyclic) bond motifs is 1. The second-order valence-electron chi connectivity index (χ2n) is 9.40. The van der Waals surface area contributed by atoms with Crippen LogP contribution in [0.4, 0.5) is 0 Å². The second-order valence-corrected chi connectivity index (χ2v) is 9.40. The Balaban J connectivity index is 1.41. The van der Waals surface area contributed by atoms with Gasteiger partial charge >= 0.3 is 5.97 Å². The number of nitrogens with one attached hydrogen (secondary N) is 1. The first-order valence-corrected chi connectivity index (χ1v) is 11.1. The van der Waals surface area contributed by atoms with Crippen molar-refractivity contribution in [2.45, 2.75) is 39.2 Å². The number of carbonyl (C=O) groups excluding carboxylic acids is 2. The number of pyridine rings is 1. The lowest BCUT2D eigenvalue weighted by Crippen LogP contribution is -2.41. The van der Waals surface area contributed by atoms with Gasteiger partial charge in [-0.25, -0.2) is 4.98 Å². The number of hydrogen-bond acceptors (Lipinski definition) is 5. The standard InChI is InChI=1S/C25H29N5O3/c1-25(2,3)33-24(32)18-10-12-29(13-11-18)23(31)17-6-4-16(5-7-17)20-15-30-14-19(22(26)27)8-9-21(30)28-20/h4-9,14-15,18H,10-13H2,1-3H3,(H3,26,27). The largest absolute Gasteiger partial charge is 0.460 e. The molecule has 0 saturated carbocycles. The van der Waals surface area contributed by atoms with E-state index in [-0.39, 0.29) is 23.6 Å². The molecule has 33 heavy (non-hydrogen) atoms. The van der Waals surface area contributed by atoms with E-state index in [9.17, 15) is 9.59 Å². The predicted octanol–water partition coefficient (Wildman–Crippen LogP) is 3.48. The molecule has 3 aromatic rings. The second kappa shape index (κ2) is 8.69. The summed E-state index contributed by atoms with van der Waals surface area (Å²) in [6.45, 7) is 6.67. The lowest BCUT2D eigenvalue weighted by molar-refractivity contribution is -0.161. The molecule has 0 spiro atoms. The van der Waals surface area contributed by atoms with E-state index in [0.29, 0.717) is 37.1 Å². The Morgan fingerprint density at radius 3 is 2.27 bits per heavy atom. The third kappa shape index (κ3) is 5.05. The molecule has 172 valence electrons. The summed E-state index contributed by atoms with van der Waals surface area (Å²) in [5.41, 5.74) is 8.72. The van der Waals surface area contributed by atoms with Crippen LogP contribution >= 0.6 is 0 Å². The van der Waals surface area contributed by atoms with Crippen molar-refractivity contribution in [3.8, 4) is 11.3 Å². The topological polar surface area (TPSA) is 114 Å². The van der Waals surface area contributed by atoms with Gasteiger partial charge in [0.1, 0.15) is 17.1 Å². The lowest BCUT2D eigenvalue weighted by Gasteiger charge is -2.32. The van der Waals surface area contributed by atoms with Gasteiger partial charge in [0.25, 0.3) is 5.91 Å². The van der Waals surface area contributed by atoms with E-state index in [0.717, 1.165) is 16.9 Å². The first-order chi connectivity index (χ1) is 15.6. The summed E-state index contributed by atoms with van der Waals surface area (Å²) in [6.07, 6.45) is 4.87. The summed E-state index contributed by atoms with van der Waals surface area (Å²) in [5, 5.41) is 7.58. The number of carbonyl (C=O) groups is 2. The van der Waals surface area contributed by atoms with E-state index < -0.39 is 5.60 Å². The minimum absolute atomic E-state index is 0.00476. The normalized spacial score (nSPS) is 14.9. The highest BCUT2D eigenvalue weighted by molar-refractivity contribution is 5.95. The maximum Gasteiger partial charge on any atom is 0.309 e. The first-order valence-electron chi connectivity index (χ1n) is 11.1. The maximum atomic E-state index is 13.0. The molecule has 0 atom stereocenters. The number of piperidine rings is 1. The van der Waals surface area contributed by atoms with Crippen LogP contribution in [0.15, 0.2) is 48.8 Å². The summed E-state index contributed by atoms with van der Waals surface area (Å²) in [5.74, 6) is -0.369. The van der Waals surface area contributed by atoms with Gasteiger partial charge in [0, 0.05) is 42.2 Å². The predicted molar refractivity (Wildman–Crippen MR) is 126 cm³/mol. The molecule has 0 unspecified atom stereocenters. The van der Waals surface area contributed by atoms with E-state index in [1.54, 1.807) is 17.2 Å². The number of rotatable bonds is 4. The van der Waals surface area contributed by atoms with Gasteiger partial charge in [0.15, 0.2) is 0 Å². The van der Waals surface area contributed by atoms with E-state index in [1.807, 2.05) is 61.7 Å². The number of ether oxygens (including phenoxy) is 1. The summed E-state index contributed by atoms with van der Waals surface area (Å²) in [7, 11) is 0. The lowest BCUT2D eigenvalue weighted by atomic mass is 9.96. The van der Waals surface area contributed by atoms with Gasteiger partial charge in [-0.05, 0) is 57.9 Å². The van der Waals surface area contributed by atoms with Crippen molar-refractivity contribution < 1.29 is 14.3 Å². The van der Waals surface area contributed by atoms with Crippen molar-refractivity contribution in [2.24, 2.45) is 11.7 Å². The molecule has 1 aliphatic heterocycles. The molecule has 8 nitrogen and oxygen atoms in total. The zero-order valence-corrected chi connectivity index (χ0v) is 19.2. The number of nitrogens with two attached hydrogens (primary N) is 1. The molecule has 4 rings (SSSR count). The van der Waals surface area contributed by atoms with Gasteiger partial charge < -0.3 is 19.8 Å². The Kier molecular flexibility index (Phi) is 5.93.